The first-order valence-corrected chi connectivity index (χ1v) is 12.9. The predicted octanol–water partition coefficient (Wildman–Crippen LogP) is 4.40. The van der Waals surface area contributed by atoms with Gasteiger partial charge in [-0.2, -0.15) is 5.10 Å². The summed E-state index contributed by atoms with van der Waals surface area (Å²) in [5.41, 5.74) is 6.81. The lowest BCUT2D eigenvalue weighted by atomic mass is 10.1. The van der Waals surface area contributed by atoms with Crippen LogP contribution in [-0.2, 0) is 33.8 Å². The number of nitrogens with zero attached hydrogens (tertiary/aromatic N) is 1. The first-order valence-electron chi connectivity index (χ1n) is 12.1. The largest absolute Gasteiger partial charge is 0.493 e. The van der Waals surface area contributed by atoms with Crippen LogP contribution in [0.4, 0.5) is 5.00 Å². The number of esters is 1. The van der Waals surface area contributed by atoms with Crippen molar-refractivity contribution in [3.8, 4) is 11.5 Å². The number of carbonyl (C=O) groups excluding carboxylic acids is 3. The number of ether oxygens (including phenoxy) is 3. The van der Waals surface area contributed by atoms with Gasteiger partial charge in [-0.1, -0.05) is 24.3 Å². The smallest absolute Gasteiger partial charge is 0.341 e. The second-order valence-corrected chi connectivity index (χ2v) is 9.83. The lowest BCUT2D eigenvalue weighted by molar-refractivity contribution is -0.136. The average molecular weight is 536 g/mol. The van der Waals surface area contributed by atoms with Crippen LogP contribution in [0.15, 0.2) is 47.6 Å². The third kappa shape index (κ3) is 5.86. The summed E-state index contributed by atoms with van der Waals surface area (Å²) >= 11 is 1.29. The lowest BCUT2D eigenvalue weighted by Gasteiger charge is -2.13. The predicted molar refractivity (Wildman–Crippen MR) is 145 cm³/mol. The van der Waals surface area contributed by atoms with Crippen molar-refractivity contribution in [2.75, 3.05) is 19.5 Å². The molecule has 38 heavy (non-hydrogen) atoms. The van der Waals surface area contributed by atoms with Gasteiger partial charge in [0.15, 0.2) is 11.5 Å². The number of carbonyl (C=O) groups is 3. The molecule has 0 atom stereocenters. The van der Waals surface area contributed by atoms with Crippen molar-refractivity contribution in [2.45, 2.75) is 39.7 Å². The van der Waals surface area contributed by atoms with Crippen molar-refractivity contribution in [3.05, 3.63) is 75.2 Å². The van der Waals surface area contributed by atoms with E-state index in [1.807, 2.05) is 31.2 Å². The molecule has 1 heterocycles. The van der Waals surface area contributed by atoms with Crippen LogP contribution in [0.2, 0.25) is 0 Å². The highest BCUT2D eigenvalue weighted by Crippen LogP contribution is 2.39. The van der Waals surface area contributed by atoms with Gasteiger partial charge in [0.1, 0.15) is 11.6 Å². The number of amides is 2. The fourth-order valence-electron chi connectivity index (χ4n) is 4.16. The van der Waals surface area contributed by atoms with Crippen molar-refractivity contribution < 1.29 is 28.6 Å². The van der Waals surface area contributed by atoms with Crippen molar-refractivity contribution >= 4 is 39.8 Å². The molecular formula is C28H29N3O6S. The summed E-state index contributed by atoms with van der Waals surface area (Å²) in [6.45, 7) is 4.11. The molecule has 1 aromatic heterocycles. The van der Waals surface area contributed by atoms with E-state index in [0.717, 1.165) is 40.8 Å². The van der Waals surface area contributed by atoms with Crippen molar-refractivity contribution in [3.63, 3.8) is 0 Å². The molecule has 4 rings (SSSR count). The van der Waals surface area contributed by atoms with Crippen LogP contribution in [0.1, 0.15) is 50.8 Å². The molecule has 2 aromatic carbocycles. The molecule has 1 aliphatic rings. The number of aryl methyl sites for hydroxylation is 2. The van der Waals surface area contributed by atoms with Gasteiger partial charge in [-0.05, 0) is 68.0 Å². The highest BCUT2D eigenvalue weighted by molar-refractivity contribution is 7.17. The monoisotopic (exact) mass is 535 g/mol. The third-order valence-corrected chi connectivity index (χ3v) is 7.50. The van der Waals surface area contributed by atoms with Crippen LogP contribution in [0.3, 0.4) is 0 Å². The Hall–Kier alpha value is -4.18. The first-order chi connectivity index (χ1) is 18.3. The molecule has 3 aromatic rings. The Balaban J connectivity index is 1.41. The summed E-state index contributed by atoms with van der Waals surface area (Å²) in [6, 6.07) is 13.3. The molecule has 2 amide bonds. The number of nitrogens with one attached hydrogen (secondary N) is 2. The molecule has 0 saturated carbocycles. The van der Waals surface area contributed by atoms with Gasteiger partial charge in [0.25, 0.3) is 0 Å². The molecule has 2 N–H and O–H groups in total. The van der Waals surface area contributed by atoms with E-state index in [4.69, 9.17) is 14.2 Å². The average Bonchev–Trinajstić information content (AvgIpc) is 3.51. The lowest BCUT2D eigenvalue weighted by Crippen LogP contribution is -2.33. The highest BCUT2D eigenvalue weighted by Gasteiger charge is 2.29. The van der Waals surface area contributed by atoms with E-state index in [1.165, 1.54) is 18.4 Å². The SMILES string of the molecule is COC(=O)c1c(NC(=O)C(=O)NN=C(C)c2ccc(OCc3ccccc3C)c(OC)c2)sc2c1CCC2. The van der Waals surface area contributed by atoms with Gasteiger partial charge in [-0.15, -0.1) is 11.3 Å². The summed E-state index contributed by atoms with van der Waals surface area (Å²) in [5.74, 6) is -1.34. The van der Waals surface area contributed by atoms with Gasteiger partial charge >= 0.3 is 17.8 Å². The van der Waals surface area contributed by atoms with Gasteiger partial charge in [-0.25, -0.2) is 10.2 Å². The zero-order chi connectivity index (χ0) is 27.2. The Morgan fingerprint density at radius 3 is 2.55 bits per heavy atom. The maximum absolute atomic E-state index is 12.5. The van der Waals surface area contributed by atoms with E-state index in [1.54, 1.807) is 32.2 Å². The number of thiophene rings is 1. The molecular weight excluding hydrogens is 506 g/mol. The maximum Gasteiger partial charge on any atom is 0.341 e. The van der Waals surface area contributed by atoms with E-state index in [9.17, 15) is 14.4 Å². The van der Waals surface area contributed by atoms with Crippen LogP contribution >= 0.6 is 11.3 Å². The Kier molecular flexibility index (Phi) is 8.42. The van der Waals surface area contributed by atoms with E-state index in [2.05, 4.69) is 15.8 Å². The Morgan fingerprint density at radius 2 is 1.82 bits per heavy atom. The Morgan fingerprint density at radius 1 is 1.03 bits per heavy atom. The molecule has 10 heteroatoms. The normalized spacial score (nSPS) is 12.5. The van der Waals surface area contributed by atoms with E-state index in [0.29, 0.717) is 39.9 Å². The summed E-state index contributed by atoms with van der Waals surface area (Å²) in [4.78, 5) is 38.3. The van der Waals surface area contributed by atoms with E-state index < -0.39 is 17.8 Å². The molecule has 0 aliphatic heterocycles. The van der Waals surface area contributed by atoms with Crippen LogP contribution < -0.4 is 20.2 Å². The van der Waals surface area contributed by atoms with Crippen molar-refractivity contribution in [1.29, 1.82) is 0 Å². The quantitative estimate of drug-likeness (QED) is 0.191. The molecule has 0 saturated heterocycles. The molecule has 0 spiro atoms. The number of anilines is 1. The van der Waals surface area contributed by atoms with Crippen molar-refractivity contribution in [2.24, 2.45) is 5.10 Å². The Bertz CT molecular complexity index is 1410. The second-order valence-electron chi connectivity index (χ2n) is 8.73. The molecule has 198 valence electrons. The number of methoxy groups -OCH3 is 2. The molecule has 9 nitrogen and oxygen atoms in total. The van der Waals surface area contributed by atoms with E-state index >= 15 is 0 Å². The van der Waals surface area contributed by atoms with E-state index in [-0.39, 0.29) is 0 Å². The standard InChI is InChI=1S/C28H29N3O6S/c1-16-8-5-6-9-19(16)15-37-21-13-12-18(14-22(21)35-3)17(2)30-31-26(33)25(32)29-27-24(28(34)36-4)20-10-7-11-23(20)38-27/h5-6,8-9,12-14H,7,10-11,15H2,1-4H3,(H,29,32)(H,31,33). The first kappa shape index (κ1) is 26.9. The summed E-state index contributed by atoms with van der Waals surface area (Å²) < 4.78 is 16.3. The van der Waals surface area contributed by atoms with Crippen LogP contribution in [-0.4, -0.2) is 37.7 Å². The van der Waals surface area contributed by atoms with Gasteiger partial charge in [-0.3, -0.25) is 9.59 Å². The summed E-state index contributed by atoms with van der Waals surface area (Å²) in [7, 11) is 2.83. The number of benzene rings is 2. The highest BCUT2D eigenvalue weighted by atomic mass is 32.1. The number of fused-ring (bicyclic) bond motifs is 1. The van der Waals surface area contributed by atoms with Gasteiger partial charge < -0.3 is 19.5 Å². The van der Waals surface area contributed by atoms with Crippen LogP contribution in [0.5, 0.6) is 11.5 Å². The number of rotatable bonds is 8. The van der Waals surface area contributed by atoms with Crippen LogP contribution in [0.25, 0.3) is 0 Å². The fourth-order valence-corrected chi connectivity index (χ4v) is 5.43. The third-order valence-electron chi connectivity index (χ3n) is 6.30. The number of hydrazone groups is 1. The zero-order valence-electron chi connectivity index (χ0n) is 21.7. The topological polar surface area (TPSA) is 115 Å². The molecule has 1 aliphatic carbocycles. The summed E-state index contributed by atoms with van der Waals surface area (Å²) in [6.07, 6.45) is 2.51. The Labute approximate surface area is 224 Å². The van der Waals surface area contributed by atoms with Crippen molar-refractivity contribution in [1.82, 2.24) is 5.43 Å². The van der Waals surface area contributed by atoms with Crippen LogP contribution in [0, 0.1) is 6.92 Å². The minimum absolute atomic E-state index is 0.313. The fraction of sp³-hybridized carbons (Fsp3) is 0.286. The summed E-state index contributed by atoms with van der Waals surface area (Å²) in [5, 5.41) is 6.91. The second kappa shape index (κ2) is 11.9. The number of hydrogen-bond donors (Lipinski definition) is 2. The van der Waals surface area contributed by atoms with Gasteiger partial charge in [0.05, 0.1) is 25.5 Å². The molecule has 0 bridgehead atoms. The molecule has 0 radical (unpaired) electrons. The zero-order valence-corrected chi connectivity index (χ0v) is 22.5. The number of hydrogen-bond acceptors (Lipinski definition) is 8. The maximum atomic E-state index is 12.5. The molecule has 0 fully saturated rings. The minimum atomic E-state index is -0.959. The van der Waals surface area contributed by atoms with Gasteiger partial charge in [0.2, 0.25) is 0 Å². The van der Waals surface area contributed by atoms with Gasteiger partial charge in [0, 0.05) is 10.4 Å². The molecule has 0 unspecified atom stereocenters. The minimum Gasteiger partial charge on any atom is -0.493 e.